The van der Waals surface area contributed by atoms with E-state index in [4.69, 9.17) is 27.9 Å². The van der Waals surface area contributed by atoms with Gasteiger partial charge in [0.2, 0.25) is 0 Å². The number of nitrogens with zero attached hydrogens (tertiary/aromatic N) is 1. The maximum absolute atomic E-state index is 12.8. The Morgan fingerprint density at radius 1 is 1.00 bits per heavy atom. The van der Waals surface area contributed by atoms with Crippen molar-refractivity contribution >= 4 is 34.9 Å². The second-order valence-corrected chi connectivity index (χ2v) is 10.4. The maximum atomic E-state index is 12.8. The lowest BCUT2D eigenvalue weighted by Crippen LogP contribution is -2.50. The number of hydrogen-bond acceptors (Lipinski definition) is 4. The molecule has 8 heteroatoms. The number of rotatable bonds is 9. The summed E-state index contributed by atoms with van der Waals surface area (Å²) in [5, 5.41) is 16.4. The fourth-order valence-electron chi connectivity index (χ4n) is 4.91. The molecule has 0 spiro atoms. The maximum Gasteiger partial charge on any atom is 0.319 e. The number of urea groups is 1. The van der Waals surface area contributed by atoms with Crippen LogP contribution in [0.25, 0.3) is 11.1 Å². The zero-order valence-electron chi connectivity index (χ0n) is 21.0. The van der Waals surface area contributed by atoms with Crippen LogP contribution in [-0.2, 0) is 16.8 Å². The monoisotopic (exact) mass is 541 g/mol. The summed E-state index contributed by atoms with van der Waals surface area (Å²) in [6.45, 7) is 3.98. The standard InChI is InChI=1S/C29H33Cl2N3O3/c1-37-14-13-34-11-9-29(10-12-34,20-32-28(36)33-27-17-25(30)16-26(31)18-27)24-7-5-22(6-8-24)23-4-2-3-21(15-23)19-35/h2-8,15-18,35H,9-14,19-20H2,1H3,(H2,32,33,36). The summed E-state index contributed by atoms with van der Waals surface area (Å²) < 4.78 is 5.26. The van der Waals surface area contributed by atoms with E-state index in [1.807, 2.05) is 24.3 Å². The summed E-state index contributed by atoms with van der Waals surface area (Å²) in [7, 11) is 1.72. The summed E-state index contributed by atoms with van der Waals surface area (Å²) in [6, 6.07) is 21.2. The van der Waals surface area contributed by atoms with Crippen molar-refractivity contribution in [3.05, 3.63) is 87.9 Å². The summed E-state index contributed by atoms with van der Waals surface area (Å²) in [5.74, 6) is 0. The van der Waals surface area contributed by atoms with Crippen LogP contribution in [0.4, 0.5) is 10.5 Å². The molecule has 0 aromatic heterocycles. The molecule has 1 heterocycles. The molecule has 2 amide bonds. The molecule has 4 rings (SSSR count). The highest BCUT2D eigenvalue weighted by molar-refractivity contribution is 6.35. The lowest BCUT2D eigenvalue weighted by molar-refractivity contribution is 0.109. The number of amides is 2. The van der Waals surface area contributed by atoms with Crippen molar-refractivity contribution in [1.29, 1.82) is 0 Å². The summed E-state index contributed by atoms with van der Waals surface area (Å²) >= 11 is 12.2. The van der Waals surface area contributed by atoms with Gasteiger partial charge in [-0.05, 0) is 72.5 Å². The molecule has 1 saturated heterocycles. The van der Waals surface area contributed by atoms with Gasteiger partial charge >= 0.3 is 6.03 Å². The Labute approximate surface area is 228 Å². The van der Waals surface area contributed by atoms with E-state index in [2.05, 4.69) is 39.8 Å². The van der Waals surface area contributed by atoms with Gasteiger partial charge < -0.3 is 25.4 Å². The van der Waals surface area contributed by atoms with Gasteiger partial charge in [-0.1, -0.05) is 65.7 Å². The van der Waals surface area contributed by atoms with E-state index >= 15 is 0 Å². The molecule has 3 aromatic rings. The first-order chi connectivity index (χ1) is 17.9. The number of hydrogen-bond donors (Lipinski definition) is 3. The van der Waals surface area contributed by atoms with Crippen LogP contribution in [0.5, 0.6) is 0 Å². The van der Waals surface area contributed by atoms with E-state index < -0.39 is 0 Å². The van der Waals surface area contributed by atoms with Crippen LogP contribution in [0.3, 0.4) is 0 Å². The van der Waals surface area contributed by atoms with Crippen LogP contribution in [0.2, 0.25) is 10.0 Å². The molecule has 0 saturated carbocycles. The Kier molecular flexibility index (Phi) is 9.46. The minimum Gasteiger partial charge on any atom is -0.392 e. The number of ether oxygens (including phenoxy) is 1. The average Bonchev–Trinajstić information content (AvgIpc) is 2.91. The third-order valence-corrected chi connectivity index (χ3v) is 7.51. The van der Waals surface area contributed by atoms with Gasteiger partial charge in [-0.25, -0.2) is 4.79 Å². The fourth-order valence-corrected chi connectivity index (χ4v) is 5.43. The fraction of sp³-hybridized carbons (Fsp3) is 0.345. The number of benzene rings is 3. The van der Waals surface area contributed by atoms with Crippen molar-refractivity contribution in [1.82, 2.24) is 10.2 Å². The molecular weight excluding hydrogens is 509 g/mol. The highest BCUT2D eigenvalue weighted by atomic mass is 35.5. The Morgan fingerprint density at radius 2 is 1.70 bits per heavy atom. The van der Waals surface area contributed by atoms with Crippen LogP contribution in [-0.4, -0.2) is 55.9 Å². The third kappa shape index (κ3) is 7.24. The molecule has 6 nitrogen and oxygen atoms in total. The van der Waals surface area contributed by atoms with Gasteiger partial charge in [-0.2, -0.15) is 0 Å². The minimum absolute atomic E-state index is 0.0176. The Hall–Kier alpha value is -2.61. The van der Waals surface area contributed by atoms with E-state index in [-0.39, 0.29) is 18.1 Å². The molecule has 37 heavy (non-hydrogen) atoms. The molecule has 1 fully saturated rings. The van der Waals surface area contributed by atoms with Gasteiger partial charge in [0.15, 0.2) is 0 Å². The van der Waals surface area contributed by atoms with Crippen molar-refractivity contribution in [2.75, 3.05) is 45.2 Å². The summed E-state index contributed by atoms with van der Waals surface area (Å²) in [4.78, 5) is 15.2. The number of nitrogens with one attached hydrogen (secondary N) is 2. The summed E-state index contributed by atoms with van der Waals surface area (Å²) in [6.07, 6.45) is 1.83. The number of carbonyl (C=O) groups excluding carboxylic acids is 1. The average molecular weight is 543 g/mol. The second kappa shape index (κ2) is 12.8. The van der Waals surface area contributed by atoms with Gasteiger partial charge in [-0.3, -0.25) is 0 Å². The van der Waals surface area contributed by atoms with Crippen molar-refractivity contribution < 1.29 is 14.6 Å². The molecule has 196 valence electrons. The first-order valence-electron chi connectivity index (χ1n) is 12.4. The zero-order valence-corrected chi connectivity index (χ0v) is 22.5. The van der Waals surface area contributed by atoms with E-state index in [1.54, 1.807) is 25.3 Å². The number of piperidine rings is 1. The molecule has 3 N–H and O–H groups in total. The first-order valence-corrected chi connectivity index (χ1v) is 13.2. The molecule has 1 aliphatic heterocycles. The topological polar surface area (TPSA) is 73.8 Å². The summed E-state index contributed by atoms with van der Waals surface area (Å²) in [5.41, 5.74) is 4.60. The predicted octanol–water partition coefficient (Wildman–Crippen LogP) is 5.95. The van der Waals surface area contributed by atoms with Crippen LogP contribution < -0.4 is 10.6 Å². The molecule has 0 unspecified atom stereocenters. The first kappa shape index (κ1) is 27.4. The van der Waals surface area contributed by atoms with Gasteiger partial charge in [0.1, 0.15) is 0 Å². The zero-order chi connectivity index (χ0) is 26.3. The lowest BCUT2D eigenvalue weighted by atomic mass is 9.72. The second-order valence-electron chi connectivity index (χ2n) is 9.52. The number of carbonyl (C=O) groups is 1. The van der Waals surface area contributed by atoms with Crippen molar-refractivity contribution in [2.45, 2.75) is 24.9 Å². The van der Waals surface area contributed by atoms with Crippen molar-refractivity contribution in [3.8, 4) is 11.1 Å². The molecular formula is C29H33Cl2N3O3. The third-order valence-electron chi connectivity index (χ3n) is 7.07. The molecule has 0 bridgehead atoms. The van der Waals surface area contributed by atoms with Gasteiger partial charge in [0, 0.05) is 41.3 Å². The van der Waals surface area contributed by atoms with Gasteiger partial charge in [-0.15, -0.1) is 0 Å². The van der Waals surface area contributed by atoms with Gasteiger partial charge in [0.25, 0.3) is 0 Å². The van der Waals surface area contributed by atoms with E-state index in [0.29, 0.717) is 28.9 Å². The van der Waals surface area contributed by atoms with Crippen molar-refractivity contribution in [2.24, 2.45) is 0 Å². The highest BCUT2D eigenvalue weighted by Crippen LogP contribution is 2.36. The number of aliphatic hydroxyl groups is 1. The predicted molar refractivity (Wildman–Crippen MR) is 151 cm³/mol. The SMILES string of the molecule is COCCN1CCC(CNC(=O)Nc2cc(Cl)cc(Cl)c2)(c2ccc(-c3cccc(CO)c3)cc2)CC1. The van der Waals surface area contributed by atoms with Crippen LogP contribution in [0.15, 0.2) is 66.7 Å². The number of aliphatic hydroxyl groups excluding tert-OH is 1. The van der Waals surface area contributed by atoms with E-state index in [1.165, 1.54) is 5.56 Å². The van der Waals surface area contributed by atoms with Crippen molar-refractivity contribution in [3.63, 3.8) is 0 Å². The number of methoxy groups -OCH3 is 1. The quantitative estimate of drug-likeness (QED) is 0.312. The van der Waals surface area contributed by atoms with Gasteiger partial charge in [0.05, 0.1) is 13.2 Å². The Bertz CT molecular complexity index is 1180. The number of likely N-dealkylation sites (tertiary alicyclic amines) is 1. The Morgan fingerprint density at radius 3 is 2.35 bits per heavy atom. The lowest BCUT2D eigenvalue weighted by Gasteiger charge is -2.42. The minimum atomic E-state index is -0.294. The van der Waals surface area contributed by atoms with E-state index in [9.17, 15) is 9.90 Å². The normalized spacial score (nSPS) is 15.4. The molecule has 0 radical (unpaired) electrons. The number of halogens is 2. The smallest absolute Gasteiger partial charge is 0.319 e. The molecule has 0 aliphatic carbocycles. The largest absolute Gasteiger partial charge is 0.392 e. The molecule has 1 aliphatic rings. The van der Waals surface area contributed by atoms with Crippen LogP contribution in [0, 0.1) is 0 Å². The van der Waals surface area contributed by atoms with Crippen LogP contribution in [0.1, 0.15) is 24.0 Å². The molecule has 3 aromatic carbocycles. The van der Waals surface area contributed by atoms with E-state index in [0.717, 1.165) is 49.2 Å². The number of anilines is 1. The Balaban J connectivity index is 1.51. The molecule has 0 atom stereocenters. The van der Waals surface area contributed by atoms with Crippen LogP contribution >= 0.6 is 23.2 Å². The highest BCUT2D eigenvalue weighted by Gasteiger charge is 2.36.